The number of aromatic amines is 2. The summed E-state index contributed by atoms with van der Waals surface area (Å²) in [7, 11) is -25.0. The molecule has 5 aromatic rings. The zero-order valence-corrected chi connectivity index (χ0v) is 44.2. The summed E-state index contributed by atoms with van der Waals surface area (Å²) in [6.07, 6.45) is -12.6. The van der Waals surface area contributed by atoms with Crippen LogP contribution in [0.15, 0.2) is 45.6 Å². The summed E-state index contributed by atoms with van der Waals surface area (Å²) in [5.41, 5.74) is 6.95. The second-order valence-corrected chi connectivity index (χ2v) is 25.9. The molecule has 0 saturated carbocycles. The lowest BCUT2D eigenvalue weighted by Gasteiger charge is -2.28. The maximum absolute atomic E-state index is 14.3. The number of fused-ring (bicyclic) bond motifs is 2. The molecule has 0 spiro atoms. The first-order valence-electron chi connectivity index (χ1n) is 22.1. The van der Waals surface area contributed by atoms with Gasteiger partial charge in [0.25, 0.3) is 17.1 Å². The number of aliphatic hydroxyl groups excluding tert-OH is 3. The lowest BCUT2D eigenvalue weighted by Crippen LogP contribution is -2.46. The van der Waals surface area contributed by atoms with E-state index in [0.29, 0.717) is 0 Å². The van der Waals surface area contributed by atoms with Crippen molar-refractivity contribution in [3.8, 4) is 0 Å². The summed E-state index contributed by atoms with van der Waals surface area (Å²) in [6.45, 7) is -2.76. The Bertz CT molecular complexity index is 3530. The van der Waals surface area contributed by atoms with Gasteiger partial charge in [-0.1, -0.05) is 4.98 Å². The van der Waals surface area contributed by atoms with Gasteiger partial charge in [-0.3, -0.25) is 46.9 Å². The van der Waals surface area contributed by atoms with Gasteiger partial charge in [-0.15, -0.1) is 0 Å². The molecule has 5 aromatic heterocycles. The van der Waals surface area contributed by atoms with Crippen molar-refractivity contribution >= 4 is 75.2 Å². The number of H-pyrrole nitrogens is 2. The SMILES string of the molecule is CCS(=O)(=O)NC[C@H]1[C@@H](O)[C@H]([n+]2cn(C)c3c(=O)[nH]c(N)nc32)O[C@@H]1COP(=O)(O)OP(=O)(O)OP(=O)(O)OC[C@H]1O[C@@H](n2cnc3c(N)ncnc32)[C@H](OC)[C@@H]1P(=O)(O)OC[C@H]1O[C@@H](n2ccc(=O)[nH]c2=O)[C@H](O)[C@@H]1O. The van der Waals surface area contributed by atoms with E-state index in [0.717, 1.165) is 45.7 Å². The third-order valence-corrected chi connectivity index (χ3v) is 19.7. The Hall–Kier alpha value is -4.63. The Labute approximate surface area is 429 Å². The fourth-order valence-corrected chi connectivity index (χ4v) is 14.6. The summed E-state index contributed by atoms with van der Waals surface area (Å²) < 4.78 is 132. The van der Waals surface area contributed by atoms with Gasteiger partial charge in [0.05, 0.1) is 45.1 Å². The minimum absolute atomic E-state index is 0.0175. The van der Waals surface area contributed by atoms with E-state index in [2.05, 4.69) is 38.3 Å². The first-order chi connectivity index (χ1) is 36.0. The highest BCUT2D eigenvalue weighted by atomic mass is 32.2. The predicted molar refractivity (Wildman–Crippen MR) is 252 cm³/mol. The van der Waals surface area contributed by atoms with Crippen molar-refractivity contribution in [2.45, 2.75) is 74.0 Å². The quantitative estimate of drug-likeness (QED) is 0.0229. The Balaban J connectivity index is 0.970. The van der Waals surface area contributed by atoms with Gasteiger partial charge in [0.15, 0.2) is 30.2 Å². The zero-order valence-electron chi connectivity index (χ0n) is 39.8. The van der Waals surface area contributed by atoms with Gasteiger partial charge in [-0.2, -0.15) is 8.62 Å². The minimum atomic E-state index is -6.28. The summed E-state index contributed by atoms with van der Waals surface area (Å²) >= 11 is 0. The highest BCUT2D eigenvalue weighted by Crippen LogP contribution is 2.68. The maximum Gasteiger partial charge on any atom is 0.490 e. The van der Waals surface area contributed by atoms with Crippen molar-refractivity contribution in [1.82, 2.24) is 48.3 Å². The second-order valence-electron chi connectivity index (χ2n) is 17.2. The molecule has 77 heavy (non-hydrogen) atoms. The van der Waals surface area contributed by atoms with Crippen molar-refractivity contribution in [3.05, 3.63) is 62.4 Å². The van der Waals surface area contributed by atoms with E-state index in [4.69, 9.17) is 44.0 Å². The van der Waals surface area contributed by atoms with Gasteiger partial charge in [0, 0.05) is 31.8 Å². The number of nitrogens with two attached hydrogens (primary N) is 2. The van der Waals surface area contributed by atoms with Crippen LogP contribution in [0, 0.1) is 5.92 Å². The fourth-order valence-electron chi connectivity index (χ4n) is 8.65. The summed E-state index contributed by atoms with van der Waals surface area (Å²) in [6, 6.07) is 0.916. The minimum Gasteiger partial charge on any atom is -0.387 e. The number of aliphatic hydroxyl groups is 3. The standard InChI is InChI=1S/C34H49N13O25P4S/c1-4-77(62,63)40-7-14-15(68-30(21(14)49)47-13-44(2)20-28(47)42-33(36)43-29(20)52)8-66-74(56,57)71-76(60,61)72-75(58,59)67-10-17-25(24(64-3)32(70-17)46-12-39-19-26(35)37-11-38-27(19)46)73(54,55)65-9-16-22(50)23(51)31(69-16)45-6-5-18(48)41-34(45)53/h5-6,11-17,21-25,30-32,40,49-51H,4,7-10H2,1-3H3,(H9-,35,36,37,38,41,42,43,48,52,53,54,55,56,57,58,59,60,61)/p+1/t14-,15-,16-,17-,21-,22-,23-,24-,25-,30-,31-,32-/m1/s1. The number of hydrogen-bond donors (Lipinski definition) is 12. The Kier molecular flexibility index (Phi) is 16.8. The number of hydrogen-bond acceptors (Lipinski definition) is 27. The number of nitrogen functional groups attached to an aromatic ring is 2. The largest absolute Gasteiger partial charge is 0.490 e. The molecule has 43 heteroatoms. The molecule has 3 saturated heterocycles. The Morgan fingerprint density at radius 1 is 0.831 bits per heavy atom. The van der Waals surface area contributed by atoms with Gasteiger partial charge in [0.1, 0.15) is 54.1 Å². The molecule has 0 bridgehead atoms. The molecule has 0 aliphatic carbocycles. The number of aryl methyl sites for hydroxylation is 1. The van der Waals surface area contributed by atoms with Gasteiger partial charge in [-0.05, 0) is 6.92 Å². The molecule has 16 atom stereocenters. The van der Waals surface area contributed by atoms with Crippen LogP contribution in [-0.2, 0) is 76.5 Å². The maximum atomic E-state index is 14.3. The topological polar surface area (TPSA) is 544 Å². The molecule has 0 radical (unpaired) electrons. The molecule has 8 rings (SSSR count). The predicted octanol–water partition coefficient (Wildman–Crippen LogP) is -4.61. The third kappa shape index (κ3) is 12.4. The third-order valence-electron chi connectivity index (χ3n) is 12.2. The smallest absolute Gasteiger partial charge is 0.387 e. The highest BCUT2D eigenvalue weighted by Gasteiger charge is 2.58. The monoisotopic (exact) mass is 1200 g/mol. The van der Waals surface area contributed by atoms with Crippen molar-refractivity contribution in [2.24, 2.45) is 13.0 Å². The van der Waals surface area contributed by atoms with Crippen LogP contribution in [0.25, 0.3) is 22.3 Å². The summed E-state index contributed by atoms with van der Waals surface area (Å²) in [5.74, 6) is -2.20. The van der Waals surface area contributed by atoms with Crippen LogP contribution in [0.3, 0.4) is 0 Å². The lowest BCUT2D eigenvalue weighted by atomic mass is 9.98. The number of imidazole rings is 2. The number of rotatable bonds is 22. The van der Waals surface area contributed by atoms with Crippen molar-refractivity contribution in [3.63, 3.8) is 0 Å². The molecule has 3 fully saturated rings. The van der Waals surface area contributed by atoms with E-state index in [-0.39, 0.29) is 34.1 Å². The average Bonchev–Trinajstić information content (AvgIpc) is 4.19. The molecule has 8 heterocycles. The summed E-state index contributed by atoms with van der Waals surface area (Å²) in [4.78, 5) is 100. The summed E-state index contributed by atoms with van der Waals surface area (Å²) in [5, 5.41) is 32.9. The number of sulfonamides is 1. The van der Waals surface area contributed by atoms with Crippen LogP contribution in [-0.4, -0.2) is 175 Å². The van der Waals surface area contributed by atoms with E-state index in [1.807, 2.05) is 4.98 Å². The second kappa shape index (κ2) is 22.1. The van der Waals surface area contributed by atoms with Gasteiger partial charge in [0.2, 0.25) is 21.8 Å². The molecule has 4 unspecified atom stereocenters. The number of nitrogens with one attached hydrogen (secondary N) is 3. The number of nitrogens with zero attached hydrogens (tertiary/aromatic N) is 8. The number of phosphoric ester groups is 2. The average molecular weight is 1200 g/mol. The van der Waals surface area contributed by atoms with Crippen molar-refractivity contribution in [1.29, 1.82) is 0 Å². The molecule has 38 nitrogen and oxygen atoms in total. The first-order valence-corrected chi connectivity index (χ1v) is 29.9. The Morgan fingerprint density at radius 3 is 2.13 bits per heavy atom. The number of aromatic nitrogens is 10. The number of ether oxygens (including phenoxy) is 4. The van der Waals surface area contributed by atoms with Crippen LogP contribution in [0.1, 0.15) is 25.6 Å². The highest BCUT2D eigenvalue weighted by molar-refractivity contribution is 7.89. The van der Waals surface area contributed by atoms with E-state index in [1.165, 1.54) is 24.9 Å². The molecule has 0 aromatic carbocycles. The zero-order chi connectivity index (χ0) is 56.3. The van der Waals surface area contributed by atoms with E-state index in [9.17, 15) is 76.0 Å². The molecule has 14 N–H and O–H groups in total. The first kappa shape index (κ1) is 58.5. The van der Waals surface area contributed by atoms with Crippen LogP contribution in [0.5, 0.6) is 0 Å². The van der Waals surface area contributed by atoms with Gasteiger partial charge in [-0.25, -0.2) is 51.1 Å². The van der Waals surface area contributed by atoms with Gasteiger partial charge >= 0.3 is 42.4 Å². The van der Waals surface area contributed by atoms with Crippen LogP contribution >= 0.6 is 31.1 Å². The van der Waals surface area contributed by atoms with Crippen LogP contribution in [0.2, 0.25) is 0 Å². The van der Waals surface area contributed by atoms with E-state index in [1.54, 1.807) is 0 Å². The fraction of sp³-hybridized carbons (Fsp3) is 0.588. The van der Waals surface area contributed by atoms with E-state index < -0.39 is 163 Å². The molecule has 426 valence electrons. The molecular formula is C34H50N13O25P4S+. The van der Waals surface area contributed by atoms with E-state index >= 15 is 0 Å². The van der Waals surface area contributed by atoms with Crippen LogP contribution < -0.4 is 37.6 Å². The molecule has 3 aliphatic heterocycles. The van der Waals surface area contributed by atoms with Crippen molar-refractivity contribution in [2.75, 3.05) is 50.7 Å². The van der Waals surface area contributed by atoms with Crippen LogP contribution in [0.4, 0.5) is 11.8 Å². The number of anilines is 2. The molecule has 3 aliphatic rings. The Morgan fingerprint density at radius 2 is 1.48 bits per heavy atom. The van der Waals surface area contributed by atoms with Gasteiger partial charge < -0.3 is 69.8 Å². The number of phosphoric acid groups is 3. The number of methoxy groups -OCH3 is 1. The molecule has 0 amide bonds. The van der Waals surface area contributed by atoms with Crippen molar-refractivity contribution < 1.29 is 107 Å². The molecular weight excluding hydrogens is 1150 g/mol. The normalized spacial score (nSPS) is 30.1. The lowest BCUT2D eigenvalue weighted by molar-refractivity contribution is -0.745.